The Bertz CT molecular complexity index is 1570. The van der Waals surface area contributed by atoms with Crippen molar-refractivity contribution in [1.82, 2.24) is 35.9 Å². The van der Waals surface area contributed by atoms with Crippen LogP contribution in [0.15, 0.2) is 60.9 Å². The SMILES string of the molecule is Cl.NCC1CCC(C(=O)N(C(=O)[C@@H](N)Cc2cccc(-c3cnc(N4CCNCC4)nc3)c2)c2ccc(-c3nn[nH]n3)cc2)CC1. The van der Waals surface area contributed by atoms with Gasteiger partial charge in [-0.25, -0.2) is 14.9 Å². The molecule has 1 atom stereocenters. The maximum absolute atomic E-state index is 14.0. The van der Waals surface area contributed by atoms with Crippen LogP contribution in [0.5, 0.6) is 0 Å². The first-order valence-electron chi connectivity index (χ1n) is 15.5. The van der Waals surface area contributed by atoms with Crippen molar-refractivity contribution in [3.63, 3.8) is 0 Å². The van der Waals surface area contributed by atoms with Crippen molar-refractivity contribution >= 4 is 35.9 Å². The van der Waals surface area contributed by atoms with Gasteiger partial charge in [0.15, 0.2) is 0 Å². The smallest absolute Gasteiger partial charge is 0.251 e. The molecule has 0 bridgehead atoms. The number of amides is 2. The van der Waals surface area contributed by atoms with E-state index in [0.717, 1.165) is 61.7 Å². The van der Waals surface area contributed by atoms with Gasteiger partial charge >= 0.3 is 0 Å². The van der Waals surface area contributed by atoms with Crippen molar-refractivity contribution < 1.29 is 9.59 Å². The number of piperazine rings is 1. The van der Waals surface area contributed by atoms with Crippen LogP contribution in [0.4, 0.5) is 11.6 Å². The molecule has 2 aromatic heterocycles. The average molecular weight is 646 g/mol. The number of hydrogen-bond donors (Lipinski definition) is 4. The Morgan fingerprint density at radius 2 is 1.67 bits per heavy atom. The minimum atomic E-state index is -0.937. The second kappa shape index (κ2) is 15.3. The Labute approximate surface area is 274 Å². The highest BCUT2D eigenvalue weighted by atomic mass is 35.5. The molecule has 0 unspecified atom stereocenters. The first kappa shape index (κ1) is 33.1. The van der Waals surface area contributed by atoms with Crippen molar-refractivity contribution in [2.45, 2.75) is 38.1 Å². The molecule has 0 spiro atoms. The number of anilines is 2. The van der Waals surface area contributed by atoms with E-state index in [2.05, 4.69) is 40.8 Å². The highest BCUT2D eigenvalue weighted by molar-refractivity contribution is 6.17. The van der Waals surface area contributed by atoms with E-state index >= 15 is 0 Å². The summed E-state index contributed by atoms with van der Waals surface area (Å²) in [6.45, 7) is 4.18. The Balaban J connectivity index is 0.00000417. The molecule has 1 aliphatic heterocycles. The van der Waals surface area contributed by atoms with Gasteiger partial charge < -0.3 is 21.7 Å². The maximum atomic E-state index is 14.0. The second-order valence-corrected chi connectivity index (χ2v) is 11.8. The number of aromatic amines is 1. The lowest BCUT2D eigenvalue weighted by atomic mass is 9.81. The molecule has 1 saturated heterocycles. The normalized spacial score (nSPS) is 18.8. The summed E-state index contributed by atoms with van der Waals surface area (Å²) in [5, 5.41) is 17.4. The predicted molar refractivity (Wildman–Crippen MR) is 178 cm³/mol. The molecule has 242 valence electrons. The first-order valence-corrected chi connectivity index (χ1v) is 15.5. The summed E-state index contributed by atoms with van der Waals surface area (Å²) in [6, 6.07) is 13.9. The number of hydrogen-bond acceptors (Lipinski definition) is 11. The quantitative estimate of drug-likeness (QED) is 0.209. The van der Waals surface area contributed by atoms with Crippen molar-refractivity contribution in [3.05, 3.63) is 66.5 Å². The lowest BCUT2D eigenvalue weighted by Gasteiger charge is -2.32. The molecule has 4 aromatic rings. The fourth-order valence-electron chi connectivity index (χ4n) is 6.12. The number of nitrogens with two attached hydrogens (primary N) is 2. The van der Waals surface area contributed by atoms with Crippen LogP contribution in [0.25, 0.3) is 22.5 Å². The van der Waals surface area contributed by atoms with Crippen molar-refractivity contribution in [2.75, 3.05) is 42.5 Å². The number of nitrogens with zero attached hydrogens (tertiary/aromatic N) is 7. The molecule has 6 N–H and O–H groups in total. The standard InChI is InChI=1S/C32H39N11O2.ClH/c33-18-21-4-6-24(7-5-21)30(44)43(27-10-8-23(9-11-27)29-38-40-41-39-29)31(45)28(34)17-22-2-1-3-25(16-22)26-19-36-32(37-20-26)42-14-12-35-13-15-42;/h1-3,8-11,16,19-21,24,28,35H,4-7,12-15,17-18,33-34H2,(H,38,39,40,41);1H/t21?,24?,28-;/m0./s1. The zero-order valence-electron chi connectivity index (χ0n) is 25.6. The zero-order chi connectivity index (χ0) is 31.2. The highest BCUT2D eigenvalue weighted by Crippen LogP contribution is 2.32. The van der Waals surface area contributed by atoms with Gasteiger partial charge in [-0.1, -0.05) is 24.3 Å². The topological polar surface area (TPSA) is 185 Å². The molecular weight excluding hydrogens is 606 g/mol. The Hall–Kier alpha value is -4.30. The molecule has 3 heterocycles. The van der Waals surface area contributed by atoms with Gasteiger partial charge in [0.25, 0.3) is 5.91 Å². The number of imide groups is 1. The summed E-state index contributed by atoms with van der Waals surface area (Å²) in [7, 11) is 0. The molecular formula is C32H40ClN11O2. The number of aromatic nitrogens is 6. The first-order chi connectivity index (χ1) is 22.0. The highest BCUT2D eigenvalue weighted by Gasteiger charge is 2.35. The molecule has 6 rings (SSSR count). The van der Waals surface area contributed by atoms with Gasteiger partial charge in [0.2, 0.25) is 17.7 Å². The van der Waals surface area contributed by atoms with Crippen LogP contribution < -0.4 is 26.6 Å². The third-order valence-electron chi connectivity index (χ3n) is 8.77. The van der Waals surface area contributed by atoms with E-state index in [1.54, 1.807) is 24.3 Å². The summed E-state index contributed by atoms with van der Waals surface area (Å²) in [6.07, 6.45) is 7.03. The summed E-state index contributed by atoms with van der Waals surface area (Å²) < 4.78 is 0. The summed E-state index contributed by atoms with van der Waals surface area (Å²) in [5.74, 6) is 0.608. The van der Waals surface area contributed by atoms with Crippen molar-refractivity contribution in [3.8, 4) is 22.5 Å². The number of halogens is 1. The van der Waals surface area contributed by atoms with Crippen LogP contribution in [0.3, 0.4) is 0 Å². The molecule has 46 heavy (non-hydrogen) atoms. The summed E-state index contributed by atoms with van der Waals surface area (Å²) in [4.78, 5) is 40.6. The molecule has 2 aromatic carbocycles. The maximum Gasteiger partial charge on any atom is 0.251 e. The predicted octanol–water partition coefficient (Wildman–Crippen LogP) is 2.35. The molecule has 1 aliphatic carbocycles. The van der Waals surface area contributed by atoms with Crippen LogP contribution in [0.1, 0.15) is 31.2 Å². The number of H-pyrrole nitrogens is 1. The van der Waals surface area contributed by atoms with E-state index in [4.69, 9.17) is 11.5 Å². The largest absolute Gasteiger partial charge is 0.338 e. The van der Waals surface area contributed by atoms with E-state index in [1.165, 1.54) is 4.90 Å². The Morgan fingerprint density at radius 3 is 2.33 bits per heavy atom. The number of tetrazole rings is 1. The summed E-state index contributed by atoms with van der Waals surface area (Å²) >= 11 is 0. The molecule has 0 radical (unpaired) electrons. The second-order valence-electron chi connectivity index (χ2n) is 11.8. The third-order valence-corrected chi connectivity index (χ3v) is 8.77. The third kappa shape index (κ3) is 7.56. The van der Waals surface area contributed by atoms with Gasteiger partial charge in [0.1, 0.15) is 0 Å². The minimum Gasteiger partial charge on any atom is -0.338 e. The van der Waals surface area contributed by atoms with E-state index in [-0.39, 0.29) is 30.7 Å². The van der Waals surface area contributed by atoms with Crippen molar-refractivity contribution in [1.29, 1.82) is 0 Å². The monoisotopic (exact) mass is 645 g/mol. The molecule has 14 heteroatoms. The van der Waals surface area contributed by atoms with Gasteiger partial charge in [-0.3, -0.25) is 9.59 Å². The fraction of sp³-hybridized carbons (Fsp3) is 0.406. The minimum absolute atomic E-state index is 0. The van der Waals surface area contributed by atoms with Crippen molar-refractivity contribution in [2.24, 2.45) is 23.3 Å². The van der Waals surface area contributed by atoms with E-state index in [0.29, 0.717) is 42.4 Å². The number of carbonyl (C=O) groups excluding carboxylic acids is 2. The average Bonchev–Trinajstić information content (AvgIpc) is 3.65. The van der Waals surface area contributed by atoms with E-state index in [9.17, 15) is 9.59 Å². The van der Waals surface area contributed by atoms with Crippen LogP contribution in [-0.2, 0) is 16.0 Å². The Morgan fingerprint density at radius 1 is 0.957 bits per heavy atom. The van der Waals surface area contributed by atoms with Gasteiger partial charge in [0.05, 0.1) is 11.7 Å². The lowest BCUT2D eigenvalue weighted by Crippen LogP contribution is -2.50. The molecule has 2 fully saturated rings. The lowest BCUT2D eigenvalue weighted by molar-refractivity contribution is -0.130. The molecule has 2 aliphatic rings. The van der Waals surface area contributed by atoms with E-state index < -0.39 is 11.9 Å². The molecule has 13 nitrogen and oxygen atoms in total. The Kier molecular flexibility index (Phi) is 11.0. The molecule has 2 amide bonds. The van der Waals surface area contributed by atoms with Crippen LogP contribution >= 0.6 is 12.4 Å². The summed E-state index contributed by atoms with van der Waals surface area (Å²) in [5.41, 5.74) is 16.3. The van der Waals surface area contributed by atoms with Crippen LogP contribution in [0.2, 0.25) is 0 Å². The van der Waals surface area contributed by atoms with Crippen LogP contribution in [-0.4, -0.2) is 81.2 Å². The fourth-order valence-corrected chi connectivity index (χ4v) is 6.12. The number of benzene rings is 2. The zero-order valence-corrected chi connectivity index (χ0v) is 26.4. The van der Waals surface area contributed by atoms with Gasteiger partial charge in [-0.2, -0.15) is 5.21 Å². The molecule has 1 saturated carbocycles. The van der Waals surface area contributed by atoms with Crippen LogP contribution in [0, 0.1) is 11.8 Å². The van der Waals surface area contributed by atoms with Gasteiger partial charge in [-0.15, -0.1) is 22.6 Å². The number of rotatable bonds is 9. The van der Waals surface area contributed by atoms with Gasteiger partial charge in [0, 0.05) is 55.6 Å². The van der Waals surface area contributed by atoms with E-state index in [1.807, 2.05) is 36.7 Å². The van der Waals surface area contributed by atoms with Gasteiger partial charge in [-0.05, 0) is 85.2 Å². The number of nitrogens with one attached hydrogen (secondary N) is 2. The number of carbonyl (C=O) groups is 2.